The molecule has 2 N–H and O–H groups in total. The van der Waals surface area contributed by atoms with Crippen molar-refractivity contribution in [1.82, 2.24) is 0 Å². The maximum Gasteiger partial charge on any atom is 0.171 e. The van der Waals surface area contributed by atoms with E-state index >= 15 is 0 Å². The molecule has 0 spiro atoms. The number of aryl methyl sites for hydroxylation is 1. The summed E-state index contributed by atoms with van der Waals surface area (Å²) in [5.74, 6) is -0.0718. The van der Waals surface area contributed by atoms with E-state index in [4.69, 9.17) is 5.11 Å². The summed E-state index contributed by atoms with van der Waals surface area (Å²) in [6, 6.07) is 3.27. The lowest BCUT2D eigenvalue weighted by Gasteiger charge is -2.05. The molecule has 0 aliphatic heterocycles. The van der Waals surface area contributed by atoms with Crippen molar-refractivity contribution in [3.05, 3.63) is 17.7 Å². The zero-order valence-corrected chi connectivity index (χ0v) is 7.27. The molecular weight excluding hydrogens is 160 g/mol. The molecule has 2 nitrogen and oxygen atoms in total. The molecule has 60 valence electrons. The van der Waals surface area contributed by atoms with E-state index in [1.54, 1.807) is 6.07 Å². The Morgan fingerprint density at radius 3 is 2.36 bits per heavy atom. The first-order chi connectivity index (χ1) is 5.16. The molecule has 11 heavy (non-hydrogen) atoms. The predicted octanol–water partition coefficient (Wildman–Crippen LogP) is 2.13. The van der Waals surface area contributed by atoms with Crippen molar-refractivity contribution in [2.75, 3.05) is 6.26 Å². The van der Waals surface area contributed by atoms with Gasteiger partial charge in [0.05, 0.1) is 4.90 Å². The SMILES string of the molecule is CSc1c(C)ccc(O)c1O. The van der Waals surface area contributed by atoms with Crippen molar-refractivity contribution in [2.45, 2.75) is 11.8 Å². The van der Waals surface area contributed by atoms with Crippen molar-refractivity contribution >= 4 is 11.8 Å². The molecule has 0 radical (unpaired) electrons. The van der Waals surface area contributed by atoms with Crippen LogP contribution in [0.2, 0.25) is 0 Å². The first-order valence-corrected chi connectivity index (χ1v) is 4.45. The molecule has 0 amide bonds. The largest absolute Gasteiger partial charge is 0.504 e. The average molecular weight is 170 g/mol. The number of aromatic hydroxyl groups is 2. The van der Waals surface area contributed by atoms with Crippen molar-refractivity contribution < 1.29 is 10.2 Å². The van der Waals surface area contributed by atoms with Crippen LogP contribution in [0.5, 0.6) is 11.5 Å². The summed E-state index contributed by atoms with van der Waals surface area (Å²) in [6.45, 7) is 1.89. The van der Waals surface area contributed by atoms with Gasteiger partial charge in [-0.1, -0.05) is 6.07 Å². The van der Waals surface area contributed by atoms with Gasteiger partial charge in [-0.25, -0.2) is 0 Å². The summed E-state index contributed by atoms with van der Waals surface area (Å²) in [4.78, 5) is 0.741. The molecule has 0 bridgehead atoms. The van der Waals surface area contributed by atoms with Crippen LogP contribution in [0.15, 0.2) is 17.0 Å². The normalized spacial score (nSPS) is 10.0. The Hall–Kier alpha value is -0.830. The Kier molecular flexibility index (Phi) is 2.29. The zero-order chi connectivity index (χ0) is 8.43. The number of phenolic OH excluding ortho intramolecular Hbond substituents is 2. The maximum atomic E-state index is 9.31. The topological polar surface area (TPSA) is 40.5 Å². The van der Waals surface area contributed by atoms with Crippen LogP contribution in [0.3, 0.4) is 0 Å². The average Bonchev–Trinajstić information content (AvgIpc) is 1.99. The van der Waals surface area contributed by atoms with E-state index in [0.29, 0.717) is 0 Å². The van der Waals surface area contributed by atoms with Gasteiger partial charge >= 0.3 is 0 Å². The van der Waals surface area contributed by atoms with E-state index in [1.807, 2.05) is 13.2 Å². The Morgan fingerprint density at radius 2 is 1.91 bits per heavy atom. The predicted molar refractivity (Wildman–Crippen MR) is 46.3 cm³/mol. The Balaban J connectivity index is 3.29. The quantitative estimate of drug-likeness (QED) is 0.501. The molecular formula is C8H10O2S. The number of hydrogen-bond acceptors (Lipinski definition) is 3. The Bertz CT molecular complexity index is 271. The third-order valence-electron chi connectivity index (χ3n) is 1.51. The molecule has 0 aliphatic rings. The summed E-state index contributed by atoms with van der Waals surface area (Å²) in [6.07, 6.45) is 1.86. The molecule has 3 heteroatoms. The smallest absolute Gasteiger partial charge is 0.171 e. The number of phenols is 2. The summed E-state index contributed by atoms with van der Waals surface area (Å²) in [7, 11) is 0. The van der Waals surface area contributed by atoms with Crippen LogP contribution in [0, 0.1) is 6.92 Å². The van der Waals surface area contributed by atoms with Crippen molar-refractivity contribution in [3.8, 4) is 11.5 Å². The molecule has 1 rings (SSSR count). The molecule has 0 saturated carbocycles. The van der Waals surface area contributed by atoms with Gasteiger partial charge in [-0.05, 0) is 24.8 Å². The maximum absolute atomic E-state index is 9.31. The minimum absolute atomic E-state index is 0.0162. The fourth-order valence-electron chi connectivity index (χ4n) is 0.919. The van der Waals surface area contributed by atoms with Gasteiger partial charge in [0.15, 0.2) is 11.5 Å². The van der Waals surface area contributed by atoms with Crippen molar-refractivity contribution in [1.29, 1.82) is 0 Å². The number of benzene rings is 1. The highest BCUT2D eigenvalue weighted by Gasteiger charge is 2.07. The van der Waals surface area contributed by atoms with E-state index in [9.17, 15) is 5.11 Å². The third kappa shape index (κ3) is 1.43. The minimum Gasteiger partial charge on any atom is -0.504 e. The van der Waals surface area contributed by atoms with E-state index in [1.165, 1.54) is 17.8 Å². The summed E-state index contributed by atoms with van der Waals surface area (Å²) < 4.78 is 0. The highest BCUT2D eigenvalue weighted by atomic mass is 32.2. The van der Waals surface area contributed by atoms with Crippen LogP contribution in [0.25, 0.3) is 0 Å². The molecule has 0 aromatic heterocycles. The number of hydrogen-bond donors (Lipinski definition) is 2. The van der Waals surface area contributed by atoms with Gasteiger partial charge in [0.1, 0.15) is 0 Å². The molecule has 0 unspecified atom stereocenters. The molecule has 0 saturated heterocycles. The van der Waals surface area contributed by atoms with Gasteiger partial charge in [-0.2, -0.15) is 0 Å². The van der Waals surface area contributed by atoms with Crippen LogP contribution >= 0.6 is 11.8 Å². The fraction of sp³-hybridized carbons (Fsp3) is 0.250. The van der Waals surface area contributed by atoms with Gasteiger partial charge in [0.25, 0.3) is 0 Å². The molecule has 0 atom stereocenters. The van der Waals surface area contributed by atoms with Gasteiger partial charge < -0.3 is 10.2 Å². The standard InChI is InChI=1S/C8H10O2S/c1-5-3-4-6(9)7(10)8(5)11-2/h3-4,9-10H,1-2H3. The highest BCUT2D eigenvalue weighted by molar-refractivity contribution is 7.98. The van der Waals surface area contributed by atoms with E-state index < -0.39 is 0 Å². The second kappa shape index (κ2) is 3.05. The minimum atomic E-state index is -0.0556. The van der Waals surface area contributed by atoms with Gasteiger partial charge in [0.2, 0.25) is 0 Å². The zero-order valence-electron chi connectivity index (χ0n) is 6.46. The van der Waals surface area contributed by atoms with E-state index in [0.717, 1.165) is 10.5 Å². The van der Waals surface area contributed by atoms with Crippen LogP contribution in [0.4, 0.5) is 0 Å². The van der Waals surface area contributed by atoms with Crippen LogP contribution in [0.1, 0.15) is 5.56 Å². The highest BCUT2D eigenvalue weighted by Crippen LogP contribution is 2.36. The first kappa shape index (κ1) is 8.27. The monoisotopic (exact) mass is 170 g/mol. The van der Waals surface area contributed by atoms with Gasteiger partial charge in [-0.15, -0.1) is 11.8 Å². The summed E-state index contributed by atoms with van der Waals surface area (Å²) >= 11 is 1.43. The van der Waals surface area contributed by atoms with Gasteiger partial charge in [0, 0.05) is 0 Å². The second-order valence-electron chi connectivity index (χ2n) is 2.28. The van der Waals surface area contributed by atoms with Crippen LogP contribution < -0.4 is 0 Å². The molecule has 1 aromatic carbocycles. The van der Waals surface area contributed by atoms with Crippen LogP contribution in [-0.2, 0) is 0 Å². The lowest BCUT2D eigenvalue weighted by molar-refractivity contribution is 0.394. The molecule has 0 aliphatic carbocycles. The number of rotatable bonds is 1. The second-order valence-corrected chi connectivity index (χ2v) is 3.10. The van der Waals surface area contributed by atoms with Crippen molar-refractivity contribution in [3.63, 3.8) is 0 Å². The molecule has 1 aromatic rings. The van der Waals surface area contributed by atoms with Gasteiger partial charge in [-0.3, -0.25) is 0 Å². The summed E-state index contributed by atoms with van der Waals surface area (Å²) in [5, 5.41) is 18.4. The third-order valence-corrected chi connectivity index (χ3v) is 2.43. The fourth-order valence-corrected chi connectivity index (χ4v) is 1.61. The van der Waals surface area contributed by atoms with Crippen LogP contribution in [-0.4, -0.2) is 16.5 Å². The lowest BCUT2D eigenvalue weighted by Crippen LogP contribution is -1.79. The van der Waals surface area contributed by atoms with Crippen molar-refractivity contribution in [2.24, 2.45) is 0 Å². The Labute approximate surface area is 69.9 Å². The van der Waals surface area contributed by atoms with E-state index in [2.05, 4.69) is 0 Å². The lowest BCUT2D eigenvalue weighted by atomic mass is 10.2. The Morgan fingerprint density at radius 1 is 1.27 bits per heavy atom. The first-order valence-electron chi connectivity index (χ1n) is 3.22. The molecule has 0 heterocycles. The number of thioether (sulfide) groups is 1. The summed E-state index contributed by atoms with van der Waals surface area (Å²) in [5.41, 5.74) is 0.979. The van der Waals surface area contributed by atoms with E-state index in [-0.39, 0.29) is 11.5 Å². The molecule has 0 fully saturated rings.